The van der Waals surface area contributed by atoms with Crippen molar-refractivity contribution < 1.29 is 18.0 Å². The number of alkyl halides is 3. The summed E-state index contributed by atoms with van der Waals surface area (Å²) in [6.45, 7) is 2.18. The highest BCUT2D eigenvalue weighted by molar-refractivity contribution is 8.00. The summed E-state index contributed by atoms with van der Waals surface area (Å²) in [6, 6.07) is 13.1. The molecule has 1 atom stereocenters. The topological polar surface area (TPSA) is 46.9 Å². The van der Waals surface area contributed by atoms with Crippen molar-refractivity contribution in [3.63, 3.8) is 0 Å². The minimum Gasteiger partial charge on any atom is -0.358 e. The molecule has 3 rings (SSSR count). The van der Waals surface area contributed by atoms with Crippen molar-refractivity contribution in [1.82, 2.24) is 14.9 Å². The third kappa shape index (κ3) is 4.27. The number of rotatable bonds is 5. The van der Waals surface area contributed by atoms with Gasteiger partial charge in [-0.2, -0.15) is 13.2 Å². The monoisotopic (exact) mass is 393 g/mol. The number of amides is 1. The second-order valence-corrected chi connectivity index (χ2v) is 7.35. The maximum absolute atomic E-state index is 13.0. The molecule has 27 heavy (non-hydrogen) atoms. The third-order valence-corrected chi connectivity index (χ3v) is 5.21. The van der Waals surface area contributed by atoms with Gasteiger partial charge in [0.2, 0.25) is 5.91 Å². The van der Waals surface area contributed by atoms with E-state index in [9.17, 15) is 18.0 Å². The van der Waals surface area contributed by atoms with Crippen molar-refractivity contribution in [1.29, 1.82) is 0 Å². The van der Waals surface area contributed by atoms with E-state index in [1.165, 1.54) is 17.8 Å². The molecule has 1 N–H and O–H groups in total. The molecule has 0 saturated carbocycles. The summed E-state index contributed by atoms with van der Waals surface area (Å²) in [5, 5.41) is 2.65. The lowest BCUT2D eigenvalue weighted by atomic mass is 10.2. The van der Waals surface area contributed by atoms with Gasteiger partial charge in [0.05, 0.1) is 28.4 Å². The lowest BCUT2D eigenvalue weighted by Gasteiger charge is -2.12. The lowest BCUT2D eigenvalue weighted by molar-refractivity contribution is -0.137. The second kappa shape index (κ2) is 7.64. The molecule has 1 heterocycles. The fourth-order valence-corrected chi connectivity index (χ4v) is 3.69. The normalized spacial score (nSPS) is 12.9. The minimum absolute atomic E-state index is 0.172. The molecule has 0 aliphatic carbocycles. The highest BCUT2D eigenvalue weighted by atomic mass is 32.2. The number of hydrogen-bond donors (Lipinski definition) is 1. The third-order valence-electron chi connectivity index (χ3n) is 4.12. The predicted molar refractivity (Wildman–Crippen MR) is 99.7 cm³/mol. The fourth-order valence-electron chi connectivity index (χ4n) is 2.71. The van der Waals surface area contributed by atoms with E-state index < -0.39 is 17.0 Å². The molecule has 0 spiro atoms. The molecular formula is C19H18F3N3OS. The van der Waals surface area contributed by atoms with Crippen LogP contribution in [0.3, 0.4) is 0 Å². The first-order chi connectivity index (χ1) is 12.8. The van der Waals surface area contributed by atoms with Gasteiger partial charge >= 0.3 is 6.18 Å². The number of hydrogen-bond acceptors (Lipinski definition) is 3. The molecule has 0 fully saturated rings. The van der Waals surface area contributed by atoms with Gasteiger partial charge in [-0.15, -0.1) is 0 Å². The quantitative estimate of drug-likeness (QED) is 0.657. The van der Waals surface area contributed by atoms with Crippen LogP contribution < -0.4 is 5.32 Å². The molecular weight excluding hydrogens is 375 g/mol. The van der Waals surface area contributed by atoms with Crippen molar-refractivity contribution in [3.8, 4) is 0 Å². The number of thioether (sulfide) groups is 1. The molecule has 3 aromatic rings. The van der Waals surface area contributed by atoms with Crippen LogP contribution in [-0.2, 0) is 17.5 Å². The van der Waals surface area contributed by atoms with E-state index in [0.29, 0.717) is 17.2 Å². The number of carbonyl (C=O) groups excluding carboxylic acids is 1. The van der Waals surface area contributed by atoms with Gasteiger partial charge in [-0.1, -0.05) is 42.1 Å². The summed E-state index contributed by atoms with van der Waals surface area (Å²) in [5.41, 5.74) is 1.10. The van der Waals surface area contributed by atoms with Crippen LogP contribution in [0.1, 0.15) is 18.1 Å². The number of nitrogens with zero attached hydrogens (tertiary/aromatic N) is 2. The summed E-state index contributed by atoms with van der Waals surface area (Å²) in [7, 11) is 1.54. The Kier molecular flexibility index (Phi) is 5.46. The summed E-state index contributed by atoms with van der Waals surface area (Å²) in [5.74, 6) is -0.172. The van der Waals surface area contributed by atoms with Crippen LogP contribution in [-0.4, -0.2) is 27.8 Å². The van der Waals surface area contributed by atoms with Gasteiger partial charge in [-0.05, 0) is 30.7 Å². The van der Waals surface area contributed by atoms with Crippen molar-refractivity contribution >= 4 is 28.7 Å². The Morgan fingerprint density at radius 1 is 1.22 bits per heavy atom. The predicted octanol–water partition coefficient (Wildman–Crippen LogP) is 4.33. The largest absolute Gasteiger partial charge is 0.416 e. The summed E-state index contributed by atoms with van der Waals surface area (Å²) < 4.78 is 41.0. The van der Waals surface area contributed by atoms with Crippen molar-refractivity contribution in [2.75, 3.05) is 7.05 Å². The highest BCUT2D eigenvalue weighted by Crippen LogP contribution is 2.34. The maximum atomic E-state index is 13.0. The van der Waals surface area contributed by atoms with Gasteiger partial charge in [0, 0.05) is 7.05 Å². The molecule has 0 radical (unpaired) electrons. The van der Waals surface area contributed by atoms with E-state index in [1.807, 2.05) is 34.9 Å². The Morgan fingerprint density at radius 2 is 1.93 bits per heavy atom. The average molecular weight is 393 g/mol. The number of benzene rings is 2. The van der Waals surface area contributed by atoms with E-state index in [2.05, 4.69) is 10.3 Å². The average Bonchev–Trinajstić information content (AvgIpc) is 2.97. The van der Waals surface area contributed by atoms with Crippen LogP contribution in [0.2, 0.25) is 0 Å². The van der Waals surface area contributed by atoms with Gasteiger partial charge in [0.1, 0.15) is 0 Å². The van der Waals surface area contributed by atoms with E-state index in [4.69, 9.17) is 0 Å². The number of aromatic nitrogens is 2. The van der Waals surface area contributed by atoms with Gasteiger partial charge in [0.25, 0.3) is 0 Å². The molecule has 0 aliphatic rings. The van der Waals surface area contributed by atoms with Crippen LogP contribution in [0.4, 0.5) is 13.2 Å². The molecule has 2 aromatic carbocycles. The summed E-state index contributed by atoms with van der Waals surface area (Å²) >= 11 is 1.22. The Bertz CT molecular complexity index is 954. The molecule has 0 bridgehead atoms. The summed E-state index contributed by atoms with van der Waals surface area (Å²) in [4.78, 5) is 16.3. The van der Waals surface area contributed by atoms with Crippen LogP contribution in [0, 0.1) is 0 Å². The van der Waals surface area contributed by atoms with Gasteiger partial charge in [-0.3, -0.25) is 4.79 Å². The number of halogens is 3. The van der Waals surface area contributed by atoms with E-state index in [-0.39, 0.29) is 11.4 Å². The second-order valence-electron chi connectivity index (χ2n) is 6.04. The van der Waals surface area contributed by atoms with E-state index >= 15 is 0 Å². The summed E-state index contributed by atoms with van der Waals surface area (Å²) in [6.07, 6.45) is -4.43. The van der Waals surface area contributed by atoms with E-state index in [0.717, 1.165) is 17.7 Å². The highest BCUT2D eigenvalue weighted by Gasteiger charge is 2.31. The maximum Gasteiger partial charge on any atom is 0.416 e. The molecule has 0 saturated heterocycles. The molecule has 0 aliphatic heterocycles. The van der Waals surface area contributed by atoms with Crippen molar-refractivity contribution in [2.45, 2.75) is 30.1 Å². The van der Waals surface area contributed by atoms with Crippen LogP contribution in [0.15, 0.2) is 53.7 Å². The number of fused-ring (bicyclic) bond motifs is 1. The zero-order valence-electron chi connectivity index (χ0n) is 14.7. The number of imidazole rings is 1. The standard InChI is InChI=1S/C19H18F3N3OS/c1-12(17(26)23-2)27-18-24-15-10-14(19(20,21)22)8-9-16(15)25(18)11-13-6-4-3-5-7-13/h3-10,12H,11H2,1-2H3,(H,23,26)/t12-/m0/s1. The molecule has 1 aromatic heterocycles. The SMILES string of the molecule is CNC(=O)[C@H](C)Sc1nc2cc(C(F)(F)F)ccc2n1Cc1ccccc1. The molecule has 8 heteroatoms. The number of carbonyl (C=O) groups is 1. The zero-order chi connectivity index (χ0) is 19.6. The Hall–Kier alpha value is -2.48. The van der Waals surface area contributed by atoms with Gasteiger partial charge in [0.15, 0.2) is 5.16 Å². The Labute approximate surface area is 158 Å². The first-order valence-corrected chi connectivity index (χ1v) is 9.17. The molecule has 0 unspecified atom stereocenters. The first-order valence-electron chi connectivity index (χ1n) is 8.29. The first kappa shape index (κ1) is 19.3. The smallest absolute Gasteiger partial charge is 0.358 e. The van der Waals surface area contributed by atoms with Crippen LogP contribution in [0.5, 0.6) is 0 Å². The fraction of sp³-hybridized carbons (Fsp3) is 0.263. The molecule has 1 amide bonds. The Morgan fingerprint density at radius 3 is 2.56 bits per heavy atom. The number of nitrogens with one attached hydrogen (secondary N) is 1. The van der Waals surface area contributed by atoms with Crippen molar-refractivity contribution in [3.05, 3.63) is 59.7 Å². The zero-order valence-corrected chi connectivity index (χ0v) is 15.6. The van der Waals surface area contributed by atoms with Crippen LogP contribution >= 0.6 is 11.8 Å². The minimum atomic E-state index is -4.43. The lowest BCUT2D eigenvalue weighted by Crippen LogP contribution is -2.27. The Balaban J connectivity index is 2.07. The molecule has 4 nitrogen and oxygen atoms in total. The van der Waals surface area contributed by atoms with Crippen molar-refractivity contribution in [2.24, 2.45) is 0 Å². The van der Waals surface area contributed by atoms with Crippen LogP contribution in [0.25, 0.3) is 11.0 Å². The van der Waals surface area contributed by atoms with Gasteiger partial charge in [-0.25, -0.2) is 4.98 Å². The molecule has 142 valence electrons. The van der Waals surface area contributed by atoms with Gasteiger partial charge < -0.3 is 9.88 Å². The van der Waals surface area contributed by atoms with E-state index in [1.54, 1.807) is 14.0 Å².